The third kappa shape index (κ3) is 4.12. The fraction of sp³-hybridized carbons (Fsp3) is 0.167. The Hall–Kier alpha value is -3.80. The predicted molar refractivity (Wildman–Crippen MR) is 118 cm³/mol. The Morgan fingerprint density at radius 3 is 2.60 bits per heavy atom. The number of benzene rings is 2. The third-order valence-electron chi connectivity index (χ3n) is 5.17. The van der Waals surface area contributed by atoms with Crippen LogP contribution < -0.4 is 15.6 Å². The van der Waals surface area contributed by atoms with Crippen LogP contribution in [0.15, 0.2) is 71.7 Å². The molecule has 1 amide bonds. The Balaban J connectivity index is 1.53. The lowest BCUT2D eigenvalue weighted by molar-refractivity contribution is -0.121. The lowest BCUT2D eigenvalue weighted by Crippen LogP contribution is -2.26. The standard InChI is InChI=1S/C24H23N3O3/c1-30-18-10-8-16(9-11-18)23-20(19-6-2-3-7-21(19)27-23)12-13-22(28)26-15-17-5-4-14-25-24(17)29/h2-11,14,27H,12-13,15H2,1H3,(H,25,29)(H,26,28). The van der Waals surface area contributed by atoms with E-state index >= 15 is 0 Å². The second kappa shape index (κ2) is 8.69. The number of carbonyl (C=O) groups is 1. The molecule has 0 saturated heterocycles. The van der Waals surface area contributed by atoms with Gasteiger partial charge in [0.25, 0.3) is 5.56 Å². The maximum atomic E-state index is 12.4. The number of hydrogen-bond acceptors (Lipinski definition) is 3. The van der Waals surface area contributed by atoms with E-state index in [1.807, 2.05) is 42.5 Å². The van der Waals surface area contributed by atoms with Crippen LogP contribution in [-0.2, 0) is 17.8 Å². The van der Waals surface area contributed by atoms with Gasteiger partial charge in [-0.3, -0.25) is 9.59 Å². The van der Waals surface area contributed by atoms with Gasteiger partial charge in [-0.2, -0.15) is 0 Å². The van der Waals surface area contributed by atoms with Gasteiger partial charge in [0.1, 0.15) is 5.75 Å². The molecule has 0 aliphatic heterocycles. The van der Waals surface area contributed by atoms with Gasteiger partial charge < -0.3 is 20.0 Å². The first-order valence-electron chi connectivity index (χ1n) is 9.83. The van der Waals surface area contributed by atoms with E-state index in [1.165, 1.54) is 0 Å². The number of hydrogen-bond donors (Lipinski definition) is 3. The first-order chi connectivity index (χ1) is 14.7. The van der Waals surface area contributed by atoms with Crippen LogP contribution in [0.1, 0.15) is 17.5 Å². The first kappa shape index (κ1) is 19.5. The minimum Gasteiger partial charge on any atom is -0.497 e. The van der Waals surface area contributed by atoms with Crippen molar-refractivity contribution in [1.82, 2.24) is 15.3 Å². The van der Waals surface area contributed by atoms with Crippen molar-refractivity contribution in [2.45, 2.75) is 19.4 Å². The quantitative estimate of drug-likeness (QED) is 0.440. The van der Waals surface area contributed by atoms with Crippen LogP contribution in [0.25, 0.3) is 22.2 Å². The average Bonchev–Trinajstić information content (AvgIpc) is 3.16. The highest BCUT2D eigenvalue weighted by Gasteiger charge is 2.14. The predicted octanol–water partition coefficient (Wildman–Crippen LogP) is 3.78. The second-order valence-electron chi connectivity index (χ2n) is 7.05. The van der Waals surface area contributed by atoms with Crippen molar-refractivity contribution in [2.75, 3.05) is 7.11 Å². The van der Waals surface area contributed by atoms with E-state index in [4.69, 9.17) is 4.74 Å². The van der Waals surface area contributed by atoms with Gasteiger partial charge in [-0.1, -0.05) is 24.3 Å². The van der Waals surface area contributed by atoms with Crippen LogP contribution in [0, 0.1) is 0 Å². The number of para-hydroxylation sites is 1. The molecule has 0 aliphatic rings. The molecule has 0 aliphatic carbocycles. The summed E-state index contributed by atoms with van der Waals surface area (Å²) in [6.07, 6.45) is 2.49. The lowest BCUT2D eigenvalue weighted by atomic mass is 10.0. The highest BCUT2D eigenvalue weighted by atomic mass is 16.5. The summed E-state index contributed by atoms with van der Waals surface area (Å²) in [4.78, 5) is 30.3. The highest BCUT2D eigenvalue weighted by molar-refractivity contribution is 5.91. The Morgan fingerprint density at radius 2 is 1.83 bits per heavy atom. The summed E-state index contributed by atoms with van der Waals surface area (Å²) in [5.41, 5.74) is 4.54. The smallest absolute Gasteiger partial charge is 0.252 e. The summed E-state index contributed by atoms with van der Waals surface area (Å²) in [6.45, 7) is 0.216. The van der Waals surface area contributed by atoms with Gasteiger partial charge in [-0.25, -0.2) is 0 Å². The van der Waals surface area contributed by atoms with E-state index in [0.29, 0.717) is 18.4 Å². The summed E-state index contributed by atoms with van der Waals surface area (Å²) in [5.74, 6) is 0.705. The zero-order valence-corrected chi connectivity index (χ0v) is 16.7. The van der Waals surface area contributed by atoms with Crippen LogP contribution in [0.3, 0.4) is 0 Å². The Kier molecular flexibility index (Phi) is 5.66. The van der Waals surface area contributed by atoms with Crippen molar-refractivity contribution in [2.24, 2.45) is 0 Å². The molecule has 4 rings (SSSR count). The Bertz CT molecular complexity index is 1220. The maximum Gasteiger partial charge on any atom is 0.252 e. The highest BCUT2D eigenvalue weighted by Crippen LogP contribution is 2.32. The molecule has 0 fully saturated rings. The molecule has 0 atom stereocenters. The minimum absolute atomic E-state index is 0.0933. The topological polar surface area (TPSA) is 87.0 Å². The van der Waals surface area contributed by atoms with Crippen LogP contribution in [0.2, 0.25) is 0 Å². The number of H-pyrrole nitrogens is 2. The number of fused-ring (bicyclic) bond motifs is 1. The monoisotopic (exact) mass is 401 g/mol. The number of pyridine rings is 1. The van der Waals surface area contributed by atoms with Crippen LogP contribution in [0.4, 0.5) is 0 Å². The molecule has 0 unspecified atom stereocenters. The fourth-order valence-electron chi connectivity index (χ4n) is 3.58. The fourth-order valence-corrected chi connectivity index (χ4v) is 3.58. The van der Waals surface area contributed by atoms with E-state index in [1.54, 1.807) is 25.4 Å². The molecule has 2 aromatic carbocycles. The van der Waals surface area contributed by atoms with Gasteiger partial charge in [0, 0.05) is 41.3 Å². The molecule has 0 radical (unpaired) electrons. The summed E-state index contributed by atoms with van der Waals surface area (Å²) >= 11 is 0. The number of carbonyl (C=O) groups excluding carboxylic acids is 1. The van der Waals surface area contributed by atoms with Crippen molar-refractivity contribution >= 4 is 16.8 Å². The zero-order valence-electron chi connectivity index (χ0n) is 16.7. The number of nitrogens with one attached hydrogen (secondary N) is 3. The number of amides is 1. The van der Waals surface area contributed by atoms with Gasteiger partial charge in [-0.05, 0) is 53.9 Å². The molecule has 30 heavy (non-hydrogen) atoms. The van der Waals surface area contributed by atoms with E-state index < -0.39 is 0 Å². The van der Waals surface area contributed by atoms with Crippen molar-refractivity contribution in [3.05, 3.63) is 88.3 Å². The second-order valence-corrected chi connectivity index (χ2v) is 7.05. The number of aromatic amines is 2. The lowest BCUT2D eigenvalue weighted by Gasteiger charge is -2.08. The molecule has 2 heterocycles. The summed E-state index contributed by atoms with van der Waals surface area (Å²) in [6, 6.07) is 19.4. The van der Waals surface area contributed by atoms with E-state index in [-0.39, 0.29) is 18.0 Å². The van der Waals surface area contributed by atoms with Crippen molar-refractivity contribution < 1.29 is 9.53 Å². The molecule has 0 saturated carbocycles. The van der Waals surface area contributed by atoms with Gasteiger partial charge in [0.05, 0.1) is 7.11 Å². The van der Waals surface area contributed by atoms with E-state index in [0.717, 1.165) is 33.5 Å². The Morgan fingerprint density at radius 1 is 1.03 bits per heavy atom. The molecular weight excluding hydrogens is 378 g/mol. The van der Waals surface area contributed by atoms with Crippen molar-refractivity contribution in [3.8, 4) is 17.0 Å². The maximum absolute atomic E-state index is 12.4. The van der Waals surface area contributed by atoms with Gasteiger partial charge in [-0.15, -0.1) is 0 Å². The zero-order chi connectivity index (χ0) is 20.9. The van der Waals surface area contributed by atoms with Crippen LogP contribution in [0.5, 0.6) is 5.75 Å². The molecule has 2 aromatic heterocycles. The number of aryl methyl sites for hydroxylation is 1. The molecule has 6 nitrogen and oxygen atoms in total. The van der Waals surface area contributed by atoms with Gasteiger partial charge >= 0.3 is 0 Å². The van der Waals surface area contributed by atoms with Gasteiger partial charge in [0.15, 0.2) is 0 Å². The molecule has 0 spiro atoms. The minimum atomic E-state index is -0.184. The SMILES string of the molecule is COc1ccc(-c2[nH]c3ccccc3c2CCC(=O)NCc2ccc[nH]c2=O)cc1. The number of methoxy groups -OCH3 is 1. The summed E-state index contributed by atoms with van der Waals surface area (Å²) in [5, 5.41) is 3.95. The van der Waals surface area contributed by atoms with E-state index in [2.05, 4.69) is 21.4 Å². The largest absolute Gasteiger partial charge is 0.497 e. The number of aromatic nitrogens is 2. The van der Waals surface area contributed by atoms with Crippen molar-refractivity contribution in [3.63, 3.8) is 0 Å². The molecular formula is C24H23N3O3. The number of rotatable bonds is 7. The average molecular weight is 401 g/mol. The van der Waals surface area contributed by atoms with Crippen molar-refractivity contribution in [1.29, 1.82) is 0 Å². The Labute approximate surface area is 173 Å². The number of ether oxygens (including phenoxy) is 1. The third-order valence-corrected chi connectivity index (χ3v) is 5.17. The molecule has 0 bridgehead atoms. The summed E-state index contributed by atoms with van der Waals surface area (Å²) in [7, 11) is 1.64. The van der Waals surface area contributed by atoms with Crippen LogP contribution in [-0.4, -0.2) is 23.0 Å². The first-order valence-corrected chi connectivity index (χ1v) is 9.83. The van der Waals surface area contributed by atoms with Gasteiger partial charge in [0.2, 0.25) is 5.91 Å². The molecule has 152 valence electrons. The molecule has 3 N–H and O–H groups in total. The van der Waals surface area contributed by atoms with E-state index in [9.17, 15) is 9.59 Å². The normalized spacial score (nSPS) is 10.8. The summed E-state index contributed by atoms with van der Waals surface area (Å²) < 4.78 is 5.26. The molecule has 6 heteroatoms. The van der Waals surface area contributed by atoms with Crippen LogP contribution >= 0.6 is 0 Å². The molecule has 4 aromatic rings.